The maximum absolute atomic E-state index is 4.69. The Bertz CT molecular complexity index is 345. The first kappa shape index (κ1) is 11.5. The lowest BCUT2D eigenvalue weighted by atomic mass is 9.82. The molecule has 0 aliphatic heterocycles. The van der Waals surface area contributed by atoms with Crippen molar-refractivity contribution in [3.63, 3.8) is 0 Å². The second-order valence-electron chi connectivity index (χ2n) is 4.69. The minimum absolute atomic E-state index is 0.713. The van der Waals surface area contributed by atoms with Crippen molar-refractivity contribution >= 4 is 0 Å². The van der Waals surface area contributed by atoms with Crippen LogP contribution in [0.1, 0.15) is 48.8 Å². The second-order valence-corrected chi connectivity index (χ2v) is 4.69. The summed E-state index contributed by atoms with van der Waals surface area (Å²) in [6, 6.07) is 2.16. The van der Waals surface area contributed by atoms with Crippen LogP contribution in [0.15, 0.2) is 6.07 Å². The lowest BCUT2D eigenvalue weighted by Gasteiger charge is -2.25. The number of hydrogen-bond donors (Lipinski definition) is 1. The molecule has 0 spiro atoms. The highest BCUT2D eigenvalue weighted by atomic mass is 14.9. The van der Waals surface area contributed by atoms with E-state index < -0.39 is 0 Å². The largest absolute Gasteiger partial charge is 0.320 e. The first-order chi connectivity index (χ1) is 7.79. The van der Waals surface area contributed by atoms with Gasteiger partial charge in [0.15, 0.2) is 0 Å². The maximum atomic E-state index is 4.69. The molecule has 1 fully saturated rings. The van der Waals surface area contributed by atoms with Crippen LogP contribution in [0.3, 0.4) is 0 Å². The van der Waals surface area contributed by atoms with E-state index in [2.05, 4.69) is 28.3 Å². The van der Waals surface area contributed by atoms with Crippen molar-refractivity contribution in [1.29, 1.82) is 0 Å². The fourth-order valence-corrected chi connectivity index (χ4v) is 2.10. The number of hydrogen-bond acceptors (Lipinski definition) is 3. The first-order valence-corrected chi connectivity index (χ1v) is 6.28. The molecule has 2 rings (SSSR count). The molecule has 1 aliphatic rings. The summed E-state index contributed by atoms with van der Waals surface area (Å²) in [6.45, 7) is 3.11. The summed E-state index contributed by atoms with van der Waals surface area (Å²) in [5.74, 6) is 1.74. The highest BCUT2D eigenvalue weighted by Gasteiger charge is 2.21. The quantitative estimate of drug-likeness (QED) is 0.771. The van der Waals surface area contributed by atoms with Crippen LogP contribution in [-0.4, -0.2) is 23.6 Å². The monoisotopic (exact) mass is 219 g/mol. The van der Waals surface area contributed by atoms with Gasteiger partial charge in [0.25, 0.3) is 0 Å². The summed E-state index contributed by atoms with van der Waals surface area (Å²) in [6.07, 6.45) is 6.09. The molecule has 1 N–H and O–H groups in total. The molecule has 0 bridgehead atoms. The van der Waals surface area contributed by atoms with E-state index in [-0.39, 0.29) is 0 Å². The highest BCUT2D eigenvalue weighted by Crippen LogP contribution is 2.35. The third kappa shape index (κ3) is 2.79. The van der Waals surface area contributed by atoms with Crippen LogP contribution in [0, 0.1) is 6.92 Å². The molecule has 0 radical (unpaired) electrons. The van der Waals surface area contributed by atoms with Gasteiger partial charge in [-0.15, -0.1) is 0 Å². The predicted molar refractivity (Wildman–Crippen MR) is 65.6 cm³/mol. The molecule has 1 aromatic rings. The number of aromatic nitrogens is 2. The molecule has 1 aliphatic carbocycles. The van der Waals surface area contributed by atoms with Crippen LogP contribution >= 0.6 is 0 Å². The summed E-state index contributed by atoms with van der Waals surface area (Å²) in [4.78, 5) is 9.20. The van der Waals surface area contributed by atoms with Gasteiger partial charge in [-0.2, -0.15) is 0 Å². The summed E-state index contributed by atoms with van der Waals surface area (Å²) < 4.78 is 0. The Hall–Kier alpha value is -0.960. The normalized spacial score (nSPS) is 16.1. The first-order valence-electron chi connectivity index (χ1n) is 6.28. The molecule has 16 heavy (non-hydrogen) atoms. The summed E-state index contributed by atoms with van der Waals surface area (Å²) in [5.41, 5.74) is 2.40. The van der Waals surface area contributed by atoms with E-state index >= 15 is 0 Å². The number of rotatable bonds is 5. The topological polar surface area (TPSA) is 37.8 Å². The van der Waals surface area contributed by atoms with Crippen LogP contribution in [0.25, 0.3) is 0 Å². The minimum Gasteiger partial charge on any atom is -0.320 e. The van der Waals surface area contributed by atoms with Gasteiger partial charge in [0.1, 0.15) is 5.82 Å². The van der Waals surface area contributed by atoms with Gasteiger partial charge in [-0.3, -0.25) is 0 Å². The van der Waals surface area contributed by atoms with Crippen molar-refractivity contribution in [3.8, 4) is 0 Å². The Labute approximate surface area is 97.7 Å². The van der Waals surface area contributed by atoms with Gasteiger partial charge in [0, 0.05) is 23.7 Å². The van der Waals surface area contributed by atoms with Crippen molar-refractivity contribution in [2.45, 2.75) is 44.9 Å². The fourth-order valence-electron chi connectivity index (χ4n) is 2.10. The Balaban J connectivity index is 2.03. The average molecular weight is 219 g/mol. The number of aryl methyl sites for hydroxylation is 2. The molecular formula is C13H21N3. The predicted octanol–water partition coefficient (Wildman–Crippen LogP) is 2.20. The van der Waals surface area contributed by atoms with Crippen LogP contribution < -0.4 is 5.32 Å². The molecule has 0 atom stereocenters. The summed E-state index contributed by atoms with van der Waals surface area (Å²) in [5, 5.41) is 3.16. The van der Waals surface area contributed by atoms with Gasteiger partial charge in [-0.05, 0) is 45.8 Å². The number of nitrogens with one attached hydrogen (secondary N) is 1. The SMILES string of the molecule is CNCCCc1nc(C)cc(C2CCC2)n1. The van der Waals surface area contributed by atoms with E-state index in [1.165, 1.54) is 25.0 Å². The zero-order chi connectivity index (χ0) is 11.4. The lowest BCUT2D eigenvalue weighted by Crippen LogP contribution is -2.14. The third-order valence-electron chi connectivity index (χ3n) is 3.27. The second kappa shape index (κ2) is 5.39. The molecule has 0 saturated heterocycles. The zero-order valence-corrected chi connectivity index (χ0v) is 10.3. The fraction of sp³-hybridized carbons (Fsp3) is 0.692. The average Bonchev–Trinajstić information content (AvgIpc) is 2.14. The van der Waals surface area contributed by atoms with Crippen LogP contribution in [0.2, 0.25) is 0 Å². The Morgan fingerprint density at radius 3 is 2.81 bits per heavy atom. The third-order valence-corrected chi connectivity index (χ3v) is 3.27. The molecular weight excluding hydrogens is 198 g/mol. The van der Waals surface area contributed by atoms with E-state index in [0.29, 0.717) is 5.92 Å². The molecule has 88 valence electrons. The minimum atomic E-state index is 0.713. The Morgan fingerprint density at radius 1 is 1.38 bits per heavy atom. The van der Waals surface area contributed by atoms with Gasteiger partial charge in [-0.25, -0.2) is 9.97 Å². The molecule has 0 unspecified atom stereocenters. The smallest absolute Gasteiger partial charge is 0.128 e. The van der Waals surface area contributed by atoms with E-state index in [9.17, 15) is 0 Å². The van der Waals surface area contributed by atoms with Gasteiger partial charge >= 0.3 is 0 Å². The number of nitrogens with zero attached hydrogens (tertiary/aromatic N) is 2. The Morgan fingerprint density at radius 2 is 2.19 bits per heavy atom. The van der Waals surface area contributed by atoms with E-state index in [0.717, 1.165) is 30.9 Å². The van der Waals surface area contributed by atoms with Gasteiger partial charge in [0.05, 0.1) is 0 Å². The van der Waals surface area contributed by atoms with E-state index in [1.807, 2.05) is 7.05 Å². The molecule has 1 saturated carbocycles. The van der Waals surface area contributed by atoms with Crippen LogP contribution in [0.5, 0.6) is 0 Å². The summed E-state index contributed by atoms with van der Waals surface area (Å²) >= 11 is 0. The van der Waals surface area contributed by atoms with Crippen LogP contribution in [0.4, 0.5) is 0 Å². The van der Waals surface area contributed by atoms with Crippen molar-refractivity contribution in [3.05, 3.63) is 23.3 Å². The molecule has 0 amide bonds. The molecule has 0 aromatic carbocycles. The van der Waals surface area contributed by atoms with Crippen molar-refractivity contribution in [2.24, 2.45) is 0 Å². The highest BCUT2D eigenvalue weighted by molar-refractivity contribution is 5.16. The standard InChI is InChI=1S/C13H21N3/c1-10-9-12(11-5-3-6-11)16-13(15-10)7-4-8-14-2/h9,11,14H,3-8H2,1-2H3. The molecule has 3 heteroatoms. The zero-order valence-electron chi connectivity index (χ0n) is 10.3. The van der Waals surface area contributed by atoms with E-state index in [1.54, 1.807) is 0 Å². The summed E-state index contributed by atoms with van der Waals surface area (Å²) in [7, 11) is 1.98. The van der Waals surface area contributed by atoms with Crippen molar-refractivity contribution in [1.82, 2.24) is 15.3 Å². The van der Waals surface area contributed by atoms with Crippen molar-refractivity contribution in [2.75, 3.05) is 13.6 Å². The molecule has 1 aromatic heterocycles. The Kier molecular flexibility index (Phi) is 3.88. The van der Waals surface area contributed by atoms with E-state index in [4.69, 9.17) is 0 Å². The molecule has 3 nitrogen and oxygen atoms in total. The van der Waals surface area contributed by atoms with Crippen molar-refractivity contribution < 1.29 is 0 Å². The lowest BCUT2D eigenvalue weighted by molar-refractivity contribution is 0.409. The van der Waals surface area contributed by atoms with Gasteiger partial charge in [0.2, 0.25) is 0 Å². The van der Waals surface area contributed by atoms with Gasteiger partial charge < -0.3 is 5.32 Å². The maximum Gasteiger partial charge on any atom is 0.128 e. The molecule has 1 heterocycles. The van der Waals surface area contributed by atoms with Crippen LogP contribution in [-0.2, 0) is 6.42 Å². The van der Waals surface area contributed by atoms with Gasteiger partial charge in [-0.1, -0.05) is 6.42 Å².